The molecule has 0 atom stereocenters. The van der Waals surface area contributed by atoms with Crippen LogP contribution in [0.1, 0.15) is 27.7 Å². The fourth-order valence-electron chi connectivity index (χ4n) is 1.22. The number of carbonyl (C=O) groups excluding carboxylic acids is 2. The molecule has 1 N–H and O–H groups in total. The molecule has 5 heteroatoms. The first-order chi connectivity index (χ1) is 8.14. The molecule has 0 heterocycles. The predicted octanol–water partition coefficient (Wildman–Crippen LogP) is 0.824. The average Bonchev–Trinajstić information content (AvgIpc) is 2.27. The van der Waals surface area contributed by atoms with E-state index in [0.29, 0.717) is 6.54 Å². The lowest BCUT2D eigenvalue weighted by Crippen LogP contribution is -2.32. The van der Waals surface area contributed by atoms with Gasteiger partial charge in [0, 0.05) is 39.5 Å². The molecule has 2 amide bonds. The lowest BCUT2D eigenvalue weighted by molar-refractivity contribution is -0.133. The summed E-state index contributed by atoms with van der Waals surface area (Å²) in [5, 5.41) is 8.47. The van der Waals surface area contributed by atoms with Gasteiger partial charge in [0.25, 0.3) is 0 Å². The summed E-state index contributed by atoms with van der Waals surface area (Å²) in [5.74, 6) is 0.417. The van der Waals surface area contributed by atoms with E-state index in [9.17, 15) is 9.59 Å². The maximum absolute atomic E-state index is 11.0. The molecule has 0 saturated heterocycles. The van der Waals surface area contributed by atoms with Crippen LogP contribution >= 0.6 is 0 Å². The van der Waals surface area contributed by atoms with Gasteiger partial charge in [-0.05, 0) is 0 Å². The number of aliphatic hydroxyl groups is 1. The van der Waals surface area contributed by atoms with Gasteiger partial charge in [0.05, 0.1) is 6.61 Å². The Labute approximate surface area is 111 Å². The highest BCUT2D eigenvalue weighted by atomic mass is 16.3. The summed E-state index contributed by atoms with van der Waals surface area (Å²) in [6.07, 6.45) is 0. The Bertz CT molecular complexity index is 241. The third kappa shape index (κ3) is 8.98. The van der Waals surface area contributed by atoms with Crippen molar-refractivity contribution in [3.05, 3.63) is 0 Å². The number of likely N-dealkylation sites (N-methyl/N-ethyl adjacent to an activating group) is 1. The Hall–Kier alpha value is -1.10. The van der Waals surface area contributed by atoms with Gasteiger partial charge in [-0.2, -0.15) is 0 Å². The van der Waals surface area contributed by atoms with Gasteiger partial charge in [-0.25, -0.2) is 0 Å². The highest BCUT2D eigenvalue weighted by Gasteiger charge is 2.11. The molecule has 0 unspecified atom stereocenters. The molecule has 5 nitrogen and oxygen atoms in total. The van der Waals surface area contributed by atoms with Gasteiger partial charge in [-0.3, -0.25) is 9.59 Å². The van der Waals surface area contributed by atoms with E-state index in [4.69, 9.17) is 5.11 Å². The van der Waals surface area contributed by atoms with Crippen LogP contribution in [0.25, 0.3) is 0 Å². The molecule has 0 radical (unpaired) electrons. The topological polar surface area (TPSA) is 60.9 Å². The standard InChI is InChI=1S/C7H15NO2.C6H13NO/c1-6(2)7(10)8(3)4-5-9;1-5(2)6(8)7(3)4/h6,9H,4-5H2,1-3H3;5H,1-4H3. The monoisotopic (exact) mass is 260 g/mol. The number of rotatable bonds is 4. The van der Waals surface area contributed by atoms with E-state index in [-0.39, 0.29) is 30.3 Å². The molecule has 0 rings (SSSR count). The number of aliphatic hydroxyl groups excluding tert-OH is 1. The summed E-state index contributed by atoms with van der Waals surface area (Å²) in [6.45, 7) is 7.93. The Kier molecular flexibility index (Phi) is 10.6. The smallest absolute Gasteiger partial charge is 0.224 e. The summed E-state index contributed by atoms with van der Waals surface area (Å²) in [6, 6.07) is 0. The summed E-state index contributed by atoms with van der Waals surface area (Å²) in [4.78, 5) is 25.0. The van der Waals surface area contributed by atoms with Crippen molar-refractivity contribution in [2.45, 2.75) is 27.7 Å². The number of hydrogen-bond donors (Lipinski definition) is 1. The van der Waals surface area contributed by atoms with Gasteiger partial charge >= 0.3 is 0 Å². The minimum Gasteiger partial charge on any atom is -0.395 e. The molecule has 18 heavy (non-hydrogen) atoms. The zero-order valence-electron chi connectivity index (χ0n) is 12.7. The van der Waals surface area contributed by atoms with E-state index in [2.05, 4.69) is 0 Å². The van der Waals surface area contributed by atoms with Crippen LogP contribution in [0, 0.1) is 11.8 Å². The average molecular weight is 260 g/mol. The Morgan fingerprint density at radius 3 is 1.50 bits per heavy atom. The SMILES string of the molecule is CC(C)C(=O)N(C)C.CC(C)C(=O)N(C)CCO. The van der Waals surface area contributed by atoms with Crippen LogP contribution in [-0.2, 0) is 9.59 Å². The van der Waals surface area contributed by atoms with Gasteiger partial charge in [0.15, 0.2) is 0 Å². The predicted molar refractivity (Wildman–Crippen MR) is 73.1 cm³/mol. The summed E-state index contributed by atoms with van der Waals surface area (Å²) >= 11 is 0. The first-order valence-corrected chi connectivity index (χ1v) is 6.22. The van der Waals surface area contributed by atoms with Gasteiger partial charge < -0.3 is 14.9 Å². The second-order valence-electron chi connectivity index (χ2n) is 5.03. The van der Waals surface area contributed by atoms with Crippen molar-refractivity contribution in [3.8, 4) is 0 Å². The van der Waals surface area contributed by atoms with E-state index >= 15 is 0 Å². The van der Waals surface area contributed by atoms with Crippen molar-refractivity contribution >= 4 is 11.8 Å². The minimum atomic E-state index is 0.0246. The molecule has 0 aliphatic rings. The zero-order chi connectivity index (χ0) is 14.9. The van der Waals surface area contributed by atoms with Gasteiger partial charge in [-0.15, -0.1) is 0 Å². The third-order valence-corrected chi connectivity index (χ3v) is 2.24. The largest absolute Gasteiger partial charge is 0.395 e. The molecule has 0 bridgehead atoms. The maximum Gasteiger partial charge on any atom is 0.224 e. The van der Waals surface area contributed by atoms with Crippen LogP contribution in [-0.4, -0.2) is 61.0 Å². The second kappa shape index (κ2) is 9.88. The van der Waals surface area contributed by atoms with Crippen molar-refractivity contribution in [2.75, 3.05) is 34.3 Å². The Morgan fingerprint density at radius 1 is 0.944 bits per heavy atom. The van der Waals surface area contributed by atoms with Crippen LogP contribution in [0.2, 0.25) is 0 Å². The van der Waals surface area contributed by atoms with Crippen molar-refractivity contribution in [3.63, 3.8) is 0 Å². The highest BCUT2D eigenvalue weighted by molar-refractivity contribution is 5.77. The molecule has 0 fully saturated rings. The first-order valence-electron chi connectivity index (χ1n) is 6.22. The summed E-state index contributed by atoms with van der Waals surface area (Å²) < 4.78 is 0. The van der Waals surface area contributed by atoms with Crippen LogP contribution in [0.5, 0.6) is 0 Å². The molecule has 0 aromatic carbocycles. The molecule has 0 spiro atoms. The molecular formula is C13H28N2O3. The Balaban J connectivity index is 0. The second-order valence-corrected chi connectivity index (χ2v) is 5.03. The van der Waals surface area contributed by atoms with E-state index < -0.39 is 0 Å². The maximum atomic E-state index is 11.0. The number of nitrogens with zero attached hydrogens (tertiary/aromatic N) is 2. The normalized spacial score (nSPS) is 9.89. The fraction of sp³-hybridized carbons (Fsp3) is 0.846. The lowest BCUT2D eigenvalue weighted by Gasteiger charge is -2.17. The van der Waals surface area contributed by atoms with Crippen LogP contribution < -0.4 is 0 Å². The van der Waals surface area contributed by atoms with Crippen LogP contribution in [0.4, 0.5) is 0 Å². The molecule has 0 aliphatic heterocycles. The lowest BCUT2D eigenvalue weighted by atomic mass is 10.2. The zero-order valence-corrected chi connectivity index (χ0v) is 12.7. The van der Waals surface area contributed by atoms with Crippen LogP contribution in [0.3, 0.4) is 0 Å². The molecule has 0 aromatic heterocycles. The highest BCUT2D eigenvalue weighted by Crippen LogP contribution is 1.97. The molecule has 0 saturated carbocycles. The quantitative estimate of drug-likeness (QED) is 0.814. The van der Waals surface area contributed by atoms with E-state index in [1.807, 2.05) is 27.7 Å². The third-order valence-electron chi connectivity index (χ3n) is 2.24. The van der Waals surface area contributed by atoms with Gasteiger partial charge in [-0.1, -0.05) is 27.7 Å². The number of hydrogen-bond acceptors (Lipinski definition) is 3. The molecule has 0 aromatic rings. The van der Waals surface area contributed by atoms with Gasteiger partial charge in [0.2, 0.25) is 11.8 Å². The van der Waals surface area contributed by atoms with Crippen LogP contribution in [0.15, 0.2) is 0 Å². The van der Waals surface area contributed by atoms with E-state index in [1.165, 1.54) is 4.90 Å². The number of carbonyl (C=O) groups is 2. The van der Waals surface area contributed by atoms with Crippen molar-refractivity contribution in [1.82, 2.24) is 9.80 Å². The fourth-order valence-corrected chi connectivity index (χ4v) is 1.22. The summed E-state index contributed by atoms with van der Waals surface area (Å²) in [7, 11) is 5.23. The summed E-state index contributed by atoms with van der Waals surface area (Å²) in [5.41, 5.74) is 0. The first kappa shape index (κ1) is 19.2. The number of amides is 2. The van der Waals surface area contributed by atoms with E-state index in [0.717, 1.165) is 0 Å². The Morgan fingerprint density at radius 2 is 1.33 bits per heavy atom. The van der Waals surface area contributed by atoms with E-state index in [1.54, 1.807) is 26.0 Å². The molecule has 108 valence electrons. The minimum absolute atomic E-state index is 0.0246. The van der Waals surface area contributed by atoms with Crippen molar-refractivity contribution in [1.29, 1.82) is 0 Å². The molecule has 0 aliphatic carbocycles. The van der Waals surface area contributed by atoms with Crippen molar-refractivity contribution in [2.24, 2.45) is 11.8 Å². The van der Waals surface area contributed by atoms with Gasteiger partial charge in [0.1, 0.15) is 0 Å². The molecular weight excluding hydrogens is 232 g/mol. The van der Waals surface area contributed by atoms with Crippen molar-refractivity contribution < 1.29 is 14.7 Å².